The third-order valence-electron chi connectivity index (χ3n) is 7.01. The summed E-state index contributed by atoms with van der Waals surface area (Å²) in [6.45, 7) is 5.35. The molecule has 0 atom stereocenters. The van der Waals surface area contributed by atoms with Crippen molar-refractivity contribution in [3.63, 3.8) is 0 Å². The van der Waals surface area contributed by atoms with Crippen LogP contribution in [0.1, 0.15) is 55.2 Å². The summed E-state index contributed by atoms with van der Waals surface area (Å²) in [4.78, 5) is 15.8. The molecule has 0 bridgehead atoms. The van der Waals surface area contributed by atoms with Crippen molar-refractivity contribution in [1.29, 1.82) is 0 Å². The predicted molar refractivity (Wildman–Crippen MR) is 125 cm³/mol. The van der Waals surface area contributed by atoms with Crippen LogP contribution in [0.25, 0.3) is 0 Å². The average Bonchev–Trinajstić information content (AvgIpc) is 3.32. The van der Waals surface area contributed by atoms with Crippen molar-refractivity contribution in [2.75, 3.05) is 13.1 Å². The van der Waals surface area contributed by atoms with Gasteiger partial charge in [-0.15, -0.1) is 0 Å². The molecular weight excluding hydrogens is 422 g/mol. The van der Waals surface area contributed by atoms with Crippen molar-refractivity contribution in [2.24, 2.45) is 0 Å². The topological polar surface area (TPSA) is 63.7 Å². The van der Waals surface area contributed by atoms with Crippen LogP contribution in [0.4, 0.5) is 0 Å². The molecule has 0 aromatic heterocycles. The molecule has 0 radical (unpaired) electrons. The summed E-state index contributed by atoms with van der Waals surface area (Å²) in [6.07, 6.45) is 3.92. The van der Waals surface area contributed by atoms with Gasteiger partial charge in [-0.2, -0.15) is 0 Å². The van der Waals surface area contributed by atoms with Crippen molar-refractivity contribution in [3.05, 3.63) is 65.2 Å². The van der Waals surface area contributed by atoms with Gasteiger partial charge in [0.2, 0.25) is 5.91 Å². The second kappa shape index (κ2) is 9.36. The van der Waals surface area contributed by atoms with Crippen molar-refractivity contribution >= 4 is 15.7 Å². The van der Waals surface area contributed by atoms with E-state index in [4.69, 9.17) is 4.74 Å². The van der Waals surface area contributed by atoms with Gasteiger partial charge in [0.25, 0.3) is 0 Å². The van der Waals surface area contributed by atoms with Crippen LogP contribution in [0.3, 0.4) is 0 Å². The van der Waals surface area contributed by atoms with E-state index in [2.05, 4.69) is 0 Å². The van der Waals surface area contributed by atoms with E-state index in [9.17, 15) is 13.2 Å². The molecule has 2 aliphatic rings. The second-order valence-electron chi connectivity index (χ2n) is 9.26. The van der Waals surface area contributed by atoms with E-state index < -0.39 is 14.6 Å². The molecule has 2 aromatic carbocycles. The highest BCUT2D eigenvalue weighted by Crippen LogP contribution is 2.43. The molecule has 0 N–H and O–H groups in total. The number of amides is 1. The molecule has 0 spiro atoms. The average molecular weight is 456 g/mol. The lowest BCUT2D eigenvalue weighted by Gasteiger charge is -2.38. The lowest BCUT2D eigenvalue weighted by molar-refractivity contribution is -0.136. The number of likely N-dealkylation sites (tertiary alicyclic amines) is 1. The highest BCUT2D eigenvalue weighted by atomic mass is 32.2. The number of sulfone groups is 1. The number of rotatable bonds is 6. The molecule has 1 heterocycles. The highest BCUT2D eigenvalue weighted by Gasteiger charge is 2.55. The van der Waals surface area contributed by atoms with Crippen molar-refractivity contribution < 1.29 is 17.9 Å². The van der Waals surface area contributed by atoms with Gasteiger partial charge in [0, 0.05) is 13.1 Å². The molecule has 6 heteroatoms. The number of hydrogen-bond donors (Lipinski definition) is 0. The molecule has 2 fully saturated rings. The number of aryl methyl sites for hydroxylation is 2. The second-order valence-corrected chi connectivity index (χ2v) is 11.5. The molecular formula is C26H33NO4S. The third-order valence-corrected chi connectivity index (χ3v) is 9.64. The van der Waals surface area contributed by atoms with Gasteiger partial charge in [-0.3, -0.25) is 4.79 Å². The number of ether oxygens (including phenoxy) is 1. The van der Waals surface area contributed by atoms with E-state index in [1.54, 1.807) is 11.0 Å². The van der Waals surface area contributed by atoms with Crippen LogP contribution >= 0.6 is 0 Å². The first-order chi connectivity index (χ1) is 15.3. The monoisotopic (exact) mass is 455 g/mol. The van der Waals surface area contributed by atoms with Gasteiger partial charge in [0.15, 0.2) is 14.6 Å². The Kier molecular flexibility index (Phi) is 6.72. The molecule has 1 aliphatic carbocycles. The molecule has 1 aliphatic heterocycles. The third kappa shape index (κ3) is 4.35. The SMILES string of the molecule is Cc1ccc(C)c(S(=O)(=O)C2(C(=O)N3CCC(OCc4ccccc4)CC3)CCCC2)c1. The number of hydrogen-bond acceptors (Lipinski definition) is 4. The van der Waals surface area contributed by atoms with Crippen LogP contribution in [0.2, 0.25) is 0 Å². The minimum absolute atomic E-state index is 0.0920. The number of carbonyl (C=O) groups is 1. The number of nitrogens with zero attached hydrogens (tertiary/aromatic N) is 1. The Morgan fingerprint density at radius 1 is 1.03 bits per heavy atom. The van der Waals surface area contributed by atoms with E-state index in [0.29, 0.717) is 43.0 Å². The largest absolute Gasteiger partial charge is 0.373 e. The Bertz CT molecular complexity index is 1050. The van der Waals surface area contributed by atoms with E-state index in [0.717, 1.165) is 36.8 Å². The van der Waals surface area contributed by atoms with Crippen molar-refractivity contribution in [3.8, 4) is 0 Å². The van der Waals surface area contributed by atoms with E-state index >= 15 is 0 Å². The summed E-state index contributed by atoms with van der Waals surface area (Å²) in [5, 5.41) is 0. The molecule has 2 aromatic rings. The highest BCUT2D eigenvalue weighted by molar-refractivity contribution is 7.93. The fraction of sp³-hybridized carbons (Fsp3) is 0.500. The Morgan fingerprint density at radius 2 is 1.69 bits per heavy atom. The molecule has 172 valence electrons. The minimum Gasteiger partial charge on any atom is -0.373 e. The quantitative estimate of drug-likeness (QED) is 0.639. The Labute approximate surface area is 191 Å². The van der Waals surface area contributed by atoms with Gasteiger partial charge in [0.1, 0.15) is 0 Å². The first-order valence-electron chi connectivity index (χ1n) is 11.6. The normalized spacial score (nSPS) is 19.2. The first kappa shape index (κ1) is 23.0. The lowest BCUT2D eigenvalue weighted by Crippen LogP contribution is -2.54. The zero-order valence-electron chi connectivity index (χ0n) is 19.0. The van der Waals surface area contributed by atoms with Crippen LogP contribution in [0, 0.1) is 13.8 Å². The summed E-state index contributed by atoms with van der Waals surface area (Å²) in [5.41, 5.74) is 2.74. The Balaban J connectivity index is 1.48. The summed E-state index contributed by atoms with van der Waals surface area (Å²) in [7, 11) is -3.78. The van der Waals surface area contributed by atoms with Crippen LogP contribution in [0.15, 0.2) is 53.4 Å². The van der Waals surface area contributed by atoms with Crippen LogP contribution < -0.4 is 0 Å². The Hall–Kier alpha value is -2.18. The molecule has 1 saturated heterocycles. The maximum Gasteiger partial charge on any atom is 0.244 e. The predicted octanol–water partition coefficient (Wildman–Crippen LogP) is 4.60. The van der Waals surface area contributed by atoms with E-state index in [1.165, 1.54) is 0 Å². The van der Waals surface area contributed by atoms with Gasteiger partial charge >= 0.3 is 0 Å². The first-order valence-corrected chi connectivity index (χ1v) is 13.1. The molecule has 1 amide bonds. The number of benzene rings is 2. The van der Waals surface area contributed by atoms with E-state index in [1.807, 2.05) is 56.3 Å². The van der Waals surface area contributed by atoms with Gasteiger partial charge in [-0.1, -0.05) is 55.3 Å². The maximum absolute atomic E-state index is 13.9. The van der Waals surface area contributed by atoms with Gasteiger partial charge in [-0.05, 0) is 62.3 Å². The van der Waals surface area contributed by atoms with Crippen LogP contribution in [-0.2, 0) is 26.0 Å². The maximum atomic E-state index is 13.9. The standard InChI is InChI=1S/C26H33NO4S/c1-20-10-11-21(2)24(18-20)32(29,30)26(14-6-7-15-26)25(28)27-16-12-23(13-17-27)31-19-22-8-4-3-5-9-22/h3-5,8-11,18,23H,6-7,12-17,19H2,1-2H3. The summed E-state index contributed by atoms with van der Waals surface area (Å²) < 4.78 is 32.5. The van der Waals surface area contributed by atoms with Gasteiger partial charge < -0.3 is 9.64 Å². The fourth-order valence-corrected chi connectivity index (χ4v) is 7.49. The van der Waals surface area contributed by atoms with Crippen molar-refractivity contribution in [1.82, 2.24) is 4.90 Å². The van der Waals surface area contributed by atoms with Crippen LogP contribution in [-0.4, -0.2) is 43.2 Å². The molecule has 0 unspecified atom stereocenters. The fourth-order valence-electron chi connectivity index (χ4n) is 5.05. The Morgan fingerprint density at radius 3 is 2.34 bits per heavy atom. The lowest BCUT2D eigenvalue weighted by atomic mass is 10.0. The molecule has 4 rings (SSSR count). The van der Waals surface area contributed by atoms with E-state index in [-0.39, 0.29) is 12.0 Å². The van der Waals surface area contributed by atoms with Crippen molar-refractivity contribution in [2.45, 2.75) is 74.7 Å². The zero-order chi connectivity index (χ0) is 22.8. The smallest absolute Gasteiger partial charge is 0.244 e. The molecule has 32 heavy (non-hydrogen) atoms. The van der Waals surface area contributed by atoms with Crippen LogP contribution in [0.5, 0.6) is 0 Å². The summed E-state index contributed by atoms with van der Waals surface area (Å²) >= 11 is 0. The summed E-state index contributed by atoms with van der Waals surface area (Å²) in [5.74, 6) is -0.211. The van der Waals surface area contributed by atoms with Gasteiger partial charge in [-0.25, -0.2) is 8.42 Å². The minimum atomic E-state index is -3.78. The molecule has 1 saturated carbocycles. The zero-order valence-corrected chi connectivity index (χ0v) is 19.9. The molecule has 5 nitrogen and oxygen atoms in total. The van der Waals surface area contributed by atoms with Gasteiger partial charge in [0.05, 0.1) is 17.6 Å². The summed E-state index contributed by atoms with van der Waals surface area (Å²) in [6, 6.07) is 15.5. The number of piperidine rings is 1. The number of carbonyl (C=O) groups excluding carboxylic acids is 1.